The van der Waals surface area contributed by atoms with Gasteiger partial charge in [0.05, 0.1) is 16.9 Å². The van der Waals surface area contributed by atoms with Crippen molar-refractivity contribution in [3.63, 3.8) is 0 Å². The van der Waals surface area contributed by atoms with Gasteiger partial charge in [-0.1, -0.05) is 11.8 Å². The van der Waals surface area contributed by atoms with Gasteiger partial charge in [-0.05, 0) is 42.0 Å². The normalized spacial score (nSPS) is 11.4. The molecular formula is C18H15F3N8O4S. The van der Waals surface area contributed by atoms with Gasteiger partial charge >= 0.3 is 6.36 Å². The molecule has 34 heavy (non-hydrogen) atoms. The predicted molar refractivity (Wildman–Crippen MR) is 117 cm³/mol. The SMILES string of the molecule is Nn1c(N/N=C/c2ccc([N+](=O)[O-])cc2)nnc1SCC(=O)Nc1ccc(OC(F)(F)F)cc1. The molecule has 0 bridgehead atoms. The van der Waals surface area contributed by atoms with E-state index >= 15 is 0 Å². The van der Waals surface area contributed by atoms with Crippen molar-refractivity contribution >= 4 is 41.2 Å². The molecule has 0 aliphatic rings. The molecule has 12 nitrogen and oxygen atoms in total. The molecule has 0 saturated carbocycles. The first kappa shape index (κ1) is 24.3. The van der Waals surface area contributed by atoms with E-state index in [0.29, 0.717) is 5.56 Å². The molecule has 1 amide bonds. The van der Waals surface area contributed by atoms with Crippen molar-refractivity contribution < 1.29 is 27.6 Å². The summed E-state index contributed by atoms with van der Waals surface area (Å²) in [6.07, 6.45) is -3.41. The Morgan fingerprint density at radius 1 is 1.21 bits per heavy atom. The Kier molecular flexibility index (Phi) is 7.52. The standard InChI is InChI=1S/C18H15F3N8O4S/c19-18(20,21)33-14-7-3-12(4-8-14)24-15(30)10-34-17-27-26-16(28(17)22)25-23-9-11-1-5-13(6-2-11)29(31)32/h1-9H,10,22H2,(H,24,30)(H,25,26)/b23-9+. The Morgan fingerprint density at radius 2 is 1.88 bits per heavy atom. The van der Waals surface area contributed by atoms with Crippen LogP contribution in [0.5, 0.6) is 5.75 Å². The second-order valence-electron chi connectivity index (χ2n) is 6.30. The number of nitrogens with two attached hydrogens (primary N) is 1. The van der Waals surface area contributed by atoms with Crippen molar-refractivity contribution in [3.05, 3.63) is 64.2 Å². The Labute approximate surface area is 193 Å². The number of nitrogens with zero attached hydrogens (tertiary/aromatic N) is 5. The fourth-order valence-electron chi connectivity index (χ4n) is 2.37. The fraction of sp³-hybridized carbons (Fsp3) is 0.111. The minimum atomic E-state index is -4.80. The number of hydrogen-bond donors (Lipinski definition) is 3. The monoisotopic (exact) mass is 496 g/mol. The van der Waals surface area contributed by atoms with Crippen LogP contribution in [0.15, 0.2) is 58.8 Å². The number of rotatable bonds is 9. The molecule has 0 radical (unpaired) electrons. The summed E-state index contributed by atoms with van der Waals surface area (Å²) < 4.78 is 41.4. The third-order valence-corrected chi connectivity index (χ3v) is 4.79. The van der Waals surface area contributed by atoms with Crippen LogP contribution in [0.4, 0.5) is 30.5 Å². The zero-order valence-corrected chi connectivity index (χ0v) is 17.7. The number of ether oxygens (including phenoxy) is 1. The third kappa shape index (κ3) is 7.09. The van der Waals surface area contributed by atoms with Gasteiger partial charge in [0.1, 0.15) is 5.75 Å². The summed E-state index contributed by atoms with van der Waals surface area (Å²) in [6, 6.07) is 10.3. The Bertz CT molecular complexity index is 1180. The second kappa shape index (κ2) is 10.5. The Morgan fingerprint density at radius 3 is 2.50 bits per heavy atom. The number of carbonyl (C=O) groups excluding carboxylic acids is 1. The Hall–Kier alpha value is -4.34. The molecule has 0 aliphatic heterocycles. The van der Waals surface area contributed by atoms with E-state index < -0.39 is 22.9 Å². The van der Waals surface area contributed by atoms with Gasteiger partial charge in [0.15, 0.2) is 0 Å². The number of nitro groups is 1. The second-order valence-corrected chi connectivity index (χ2v) is 7.25. The minimum Gasteiger partial charge on any atom is -0.406 e. The van der Waals surface area contributed by atoms with E-state index in [1.165, 1.54) is 42.6 Å². The molecule has 4 N–H and O–H groups in total. The number of alkyl halides is 3. The summed E-state index contributed by atoms with van der Waals surface area (Å²) >= 11 is 0.964. The number of anilines is 2. The fourth-order valence-corrected chi connectivity index (χ4v) is 3.02. The smallest absolute Gasteiger partial charge is 0.406 e. The lowest BCUT2D eigenvalue weighted by atomic mass is 10.2. The number of halogens is 3. The van der Waals surface area contributed by atoms with E-state index in [9.17, 15) is 28.1 Å². The molecule has 0 saturated heterocycles. The molecule has 0 unspecified atom stereocenters. The molecule has 3 rings (SSSR count). The molecule has 0 atom stereocenters. The van der Waals surface area contributed by atoms with Crippen LogP contribution in [-0.2, 0) is 4.79 Å². The van der Waals surface area contributed by atoms with Gasteiger partial charge in [0.2, 0.25) is 11.1 Å². The van der Waals surface area contributed by atoms with E-state index in [4.69, 9.17) is 5.84 Å². The zero-order valence-electron chi connectivity index (χ0n) is 16.9. The molecule has 2 aromatic carbocycles. The maximum atomic E-state index is 12.2. The number of nitrogen functional groups attached to an aromatic ring is 1. The van der Waals surface area contributed by atoms with Crippen LogP contribution in [0.3, 0.4) is 0 Å². The minimum absolute atomic E-state index is 0.0509. The highest BCUT2D eigenvalue weighted by molar-refractivity contribution is 7.99. The zero-order chi connectivity index (χ0) is 24.7. The first-order valence-electron chi connectivity index (χ1n) is 9.13. The topological polar surface area (TPSA) is 163 Å². The van der Waals surface area contributed by atoms with E-state index in [2.05, 4.69) is 30.8 Å². The summed E-state index contributed by atoms with van der Waals surface area (Å²) in [5, 5.41) is 24.9. The number of carbonyl (C=O) groups is 1. The van der Waals surface area contributed by atoms with Crippen molar-refractivity contribution in [1.82, 2.24) is 14.9 Å². The molecule has 3 aromatic rings. The van der Waals surface area contributed by atoms with Gasteiger partial charge in [-0.2, -0.15) is 5.10 Å². The molecule has 1 heterocycles. The van der Waals surface area contributed by atoms with Crippen LogP contribution in [-0.4, -0.2) is 44.0 Å². The first-order chi connectivity index (χ1) is 16.1. The highest BCUT2D eigenvalue weighted by Crippen LogP contribution is 2.24. The van der Waals surface area contributed by atoms with Crippen molar-refractivity contribution in [2.24, 2.45) is 5.10 Å². The third-order valence-electron chi connectivity index (χ3n) is 3.85. The van der Waals surface area contributed by atoms with E-state index in [1.54, 1.807) is 0 Å². The van der Waals surface area contributed by atoms with Crippen LogP contribution in [0.25, 0.3) is 0 Å². The van der Waals surface area contributed by atoms with Gasteiger partial charge in [-0.25, -0.2) is 10.1 Å². The van der Waals surface area contributed by atoms with Crippen molar-refractivity contribution in [2.75, 3.05) is 22.3 Å². The van der Waals surface area contributed by atoms with Crippen LogP contribution >= 0.6 is 11.8 Å². The number of hydrazone groups is 1. The molecule has 178 valence electrons. The van der Waals surface area contributed by atoms with E-state index in [1.807, 2.05) is 0 Å². The highest BCUT2D eigenvalue weighted by Gasteiger charge is 2.31. The number of benzene rings is 2. The molecule has 0 spiro atoms. The summed E-state index contributed by atoms with van der Waals surface area (Å²) in [4.78, 5) is 22.2. The van der Waals surface area contributed by atoms with Gasteiger partial charge < -0.3 is 15.9 Å². The largest absolute Gasteiger partial charge is 0.573 e. The van der Waals surface area contributed by atoms with Gasteiger partial charge in [-0.3, -0.25) is 14.9 Å². The molecule has 1 aromatic heterocycles. The Balaban J connectivity index is 1.49. The lowest BCUT2D eigenvalue weighted by molar-refractivity contribution is -0.384. The number of aromatic nitrogens is 3. The number of amides is 1. The molecular weight excluding hydrogens is 481 g/mol. The van der Waals surface area contributed by atoms with Crippen molar-refractivity contribution in [3.8, 4) is 5.75 Å². The van der Waals surface area contributed by atoms with Crippen molar-refractivity contribution in [1.29, 1.82) is 0 Å². The molecule has 0 aliphatic carbocycles. The van der Waals surface area contributed by atoms with Gasteiger partial charge in [0, 0.05) is 17.8 Å². The number of thioether (sulfide) groups is 1. The molecule has 0 fully saturated rings. The van der Waals surface area contributed by atoms with Crippen LogP contribution in [0.2, 0.25) is 0 Å². The lowest BCUT2D eigenvalue weighted by Crippen LogP contribution is -2.18. The maximum absolute atomic E-state index is 12.2. The lowest BCUT2D eigenvalue weighted by Gasteiger charge is -2.09. The van der Waals surface area contributed by atoms with Crippen LogP contribution < -0.4 is 21.3 Å². The first-order valence-corrected chi connectivity index (χ1v) is 10.1. The number of nitro benzene ring substituents is 1. The summed E-state index contributed by atoms with van der Waals surface area (Å²) in [7, 11) is 0. The van der Waals surface area contributed by atoms with Crippen LogP contribution in [0.1, 0.15) is 5.56 Å². The van der Waals surface area contributed by atoms with E-state index in [-0.39, 0.29) is 28.2 Å². The van der Waals surface area contributed by atoms with Gasteiger partial charge in [-0.15, -0.1) is 23.4 Å². The average Bonchev–Trinajstić information content (AvgIpc) is 3.12. The summed E-state index contributed by atoms with van der Waals surface area (Å²) in [5.41, 5.74) is 3.37. The number of non-ortho nitro benzene ring substituents is 1. The quantitative estimate of drug-likeness (QED) is 0.133. The predicted octanol–water partition coefficient (Wildman–Crippen LogP) is 2.98. The number of nitrogens with one attached hydrogen (secondary N) is 2. The molecule has 16 heteroatoms. The van der Waals surface area contributed by atoms with Crippen molar-refractivity contribution in [2.45, 2.75) is 11.5 Å². The number of hydrogen-bond acceptors (Lipinski definition) is 10. The average molecular weight is 496 g/mol. The van der Waals surface area contributed by atoms with E-state index in [0.717, 1.165) is 28.6 Å². The summed E-state index contributed by atoms with van der Waals surface area (Å²) in [6.45, 7) is 0. The van der Waals surface area contributed by atoms with Gasteiger partial charge in [0.25, 0.3) is 11.6 Å². The highest BCUT2D eigenvalue weighted by atomic mass is 32.2. The van der Waals surface area contributed by atoms with Crippen LogP contribution in [0, 0.1) is 10.1 Å². The summed E-state index contributed by atoms with van der Waals surface area (Å²) in [5.74, 6) is 4.96. The maximum Gasteiger partial charge on any atom is 0.573 e.